The number of carbonyl (C=O) groups excluding carboxylic acids is 1. The Kier molecular flexibility index (Phi) is 4.23. The zero-order valence-electron chi connectivity index (χ0n) is 12.3. The van der Waals surface area contributed by atoms with Gasteiger partial charge in [-0.3, -0.25) is 4.79 Å². The van der Waals surface area contributed by atoms with E-state index in [0.29, 0.717) is 22.2 Å². The predicted octanol–water partition coefficient (Wildman–Crippen LogP) is 0.502. The molecule has 0 bridgehead atoms. The molecule has 0 fully saturated rings. The summed E-state index contributed by atoms with van der Waals surface area (Å²) in [6, 6.07) is 6.40. The molecule has 112 valence electrons. The Hall–Kier alpha value is -2.41. The number of hydrogen-bond acceptors (Lipinski definition) is 4. The van der Waals surface area contributed by atoms with E-state index in [1.807, 2.05) is 19.0 Å². The number of aromatic nitrogens is 2. The van der Waals surface area contributed by atoms with Gasteiger partial charge in [-0.2, -0.15) is 0 Å². The lowest BCUT2D eigenvalue weighted by atomic mass is 10.2. The molecule has 0 spiro atoms. The summed E-state index contributed by atoms with van der Waals surface area (Å²) < 4.78 is 1.13. The zero-order chi connectivity index (χ0) is 15.6. The van der Waals surface area contributed by atoms with E-state index in [-0.39, 0.29) is 22.4 Å². The molecule has 0 radical (unpaired) electrons. The number of carbonyl (C=O) groups is 1. The van der Waals surface area contributed by atoms with Crippen molar-refractivity contribution in [2.24, 2.45) is 0 Å². The molecule has 0 atom stereocenters. The highest BCUT2D eigenvalue weighted by molar-refractivity contribution is 5.93. The maximum Gasteiger partial charge on any atom is 0.346 e. The Morgan fingerprint density at radius 2 is 2.05 bits per heavy atom. The molecule has 2 aromatic rings. The molecule has 1 amide bonds. The minimum atomic E-state index is -0.542. The summed E-state index contributed by atoms with van der Waals surface area (Å²) in [4.78, 5) is 26.4. The van der Waals surface area contributed by atoms with Crippen molar-refractivity contribution >= 4 is 16.9 Å². The van der Waals surface area contributed by atoms with Crippen molar-refractivity contribution < 1.29 is 9.22 Å². The third-order valence-electron chi connectivity index (χ3n) is 3.23. The summed E-state index contributed by atoms with van der Waals surface area (Å²) in [5.74, 6) is -0.542. The Morgan fingerprint density at radius 3 is 2.71 bits per heavy atom. The summed E-state index contributed by atoms with van der Waals surface area (Å²) >= 11 is 0. The number of nitrogens with zero attached hydrogens (tertiary/aromatic N) is 3. The first-order chi connectivity index (χ1) is 9.93. The molecule has 7 nitrogen and oxygen atoms in total. The van der Waals surface area contributed by atoms with Gasteiger partial charge in [0.25, 0.3) is 5.52 Å². The second kappa shape index (κ2) is 5.92. The summed E-state index contributed by atoms with van der Waals surface area (Å²) in [6.07, 6.45) is 0. The predicted molar refractivity (Wildman–Crippen MR) is 79.7 cm³/mol. The van der Waals surface area contributed by atoms with Crippen molar-refractivity contribution in [2.75, 3.05) is 27.2 Å². The Balaban J connectivity index is 2.44. The minimum absolute atomic E-state index is 0.0889. The number of likely N-dealkylation sites (N-methyl/N-ethyl adjacent to an activating group) is 1. The third-order valence-corrected chi connectivity index (χ3v) is 3.23. The molecule has 1 heterocycles. The number of fused-ring (bicyclic) bond motifs is 1. The highest BCUT2D eigenvalue weighted by Crippen LogP contribution is 2.13. The molecule has 1 N–H and O–H groups in total. The number of benzene rings is 1. The van der Waals surface area contributed by atoms with Crippen molar-refractivity contribution in [2.45, 2.75) is 6.92 Å². The first kappa shape index (κ1) is 15.0. The molecule has 0 saturated heterocycles. The molecular weight excluding hydrogens is 272 g/mol. The van der Waals surface area contributed by atoms with Gasteiger partial charge in [0.05, 0.1) is 10.1 Å². The largest absolute Gasteiger partial charge is 0.805 e. The normalized spacial score (nSPS) is 11.0. The topological polar surface area (TPSA) is 83.3 Å². The van der Waals surface area contributed by atoms with Gasteiger partial charge < -0.3 is 20.2 Å². The van der Waals surface area contributed by atoms with Gasteiger partial charge in [-0.1, -0.05) is 12.1 Å². The highest BCUT2D eigenvalue weighted by Gasteiger charge is 2.26. The lowest BCUT2D eigenvalue weighted by molar-refractivity contribution is -0.468. The van der Waals surface area contributed by atoms with Gasteiger partial charge in [-0.25, -0.2) is 0 Å². The van der Waals surface area contributed by atoms with Crippen LogP contribution in [0, 0.1) is 17.0 Å². The first-order valence-electron chi connectivity index (χ1n) is 6.61. The number of hydrogen-bond donors (Lipinski definition) is 1. The molecule has 1 aromatic carbocycles. The lowest BCUT2D eigenvalue weighted by Gasteiger charge is -2.16. The number of rotatable bonds is 4. The lowest BCUT2D eigenvalue weighted by Crippen LogP contribution is -2.39. The summed E-state index contributed by atoms with van der Waals surface area (Å²) in [5, 5.41) is 14.8. The van der Waals surface area contributed by atoms with Crippen molar-refractivity contribution in [1.82, 2.24) is 14.9 Å². The summed E-state index contributed by atoms with van der Waals surface area (Å²) in [5.41, 5.74) is 0.346. The Bertz CT molecular complexity index is 737. The van der Waals surface area contributed by atoms with Crippen molar-refractivity contribution in [3.63, 3.8) is 0 Å². The van der Waals surface area contributed by atoms with Crippen LogP contribution in [0.15, 0.2) is 24.3 Å². The number of para-hydroxylation sites is 2. The standard InChI is InChI=1S/C14H18N4O3/c1-10-13(14(19)15-8-9-16(2)3)18(21)12-7-5-4-6-11(12)17(10)20/h4-7H,8-9H2,1-3H3,(H,15,19). The van der Waals surface area contributed by atoms with Crippen LogP contribution in [-0.4, -0.2) is 42.7 Å². The van der Waals surface area contributed by atoms with Gasteiger partial charge in [0.1, 0.15) is 5.52 Å². The highest BCUT2D eigenvalue weighted by atomic mass is 16.5. The van der Waals surface area contributed by atoms with E-state index >= 15 is 0 Å². The van der Waals surface area contributed by atoms with Crippen LogP contribution in [-0.2, 0) is 0 Å². The molecule has 0 aliphatic heterocycles. The molecule has 7 heteroatoms. The quantitative estimate of drug-likeness (QED) is 0.831. The maximum atomic E-state index is 12.3. The molecule has 0 aliphatic rings. The van der Waals surface area contributed by atoms with Gasteiger partial charge in [0.15, 0.2) is 0 Å². The van der Waals surface area contributed by atoms with Crippen LogP contribution in [0.25, 0.3) is 11.0 Å². The van der Waals surface area contributed by atoms with E-state index in [4.69, 9.17) is 0 Å². The van der Waals surface area contributed by atoms with Gasteiger partial charge >= 0.3 is 11.6 Å². The fourth-order valence-corrected chi connectivity index (χ4v) is 2.09. The number of amides is 1. The van der Waals surface area contributed by atoms with Crippen LogP contribution < -0.4 is 9.74 Å². The van der Waals surface area contributed by atoms with Crippen LogP contribution in [0.2, 0.25) is 0 Å². The van der Waals surface area contributed by atoms with Gasteiger partial charge in [-0.05, 0) is 27.1 Å². The van der Waals surface area contributed by atoms with Crippen molar-refractivity contribution in [3.05, 3.63) is 45.8 Å². The average Bonchev–Trinajstić information content (AvgIpc) is 2.45. The van der Waals surface area contributed by atoms with Gasteiger partial charge in [-0.15, -0.1) is 0 Å². The van der Waals surface area contributed by atoms with Crippen LogP contribution in [0.5, 0.6) is 0 Å². The molecule has 2 rings (SSSR count). The van der Waals surface area contributed by atoms with Gasteiger partial charge in [0, 0.05) is 24.1 Å². The molecule has 0 unspecified atom stereocenters. The monoisotopic (exact) mass is 290 g/mol. The van der Waals surface area contributed by atoms with Crippen molar-refractivity contribution in [1.29, 1.82) is 0 Å². The summed E-state index contributed by atoms with van der Waals surface area (Å²) in [7, 11) is 3.76. The Morgan fingerprint density at radius 1 is 1.38 bits per heavy atom. The van der Waals surface area contributed by atoms with E-state index in [2.05, 4.69) is 5.32 Å². The van der Waals surface area contributed by atoms with Crippen LogP contribution in [0.3, 0.4) is 0 Å². The van der Waals surface area contributed by atoms with Crippen LogP contribution in [0.1, 0.15) is 16.2 Å². The first-order valence-corrected chi connectivity index (χ1v) is 6.61. The second-order valence-electron chi connectivity index (χ2n) is 5.07. The average molecular weight is 290 g/mol. The van der Waals surface area contributed by atoms with Crippen molar-refractivity contribution in [3.8, 4) is 0 Å². The summed E-state index contributed by atoms with van der Waals surface area (Å²) in [6.45, 7) is 2.51. The molecule has 0 saturated carbocycles. The van der Waals surface area contributed by atoms with E-state index in [9.17, 15) is 14.9 Å². The number of nitrogens with one attached hydrogen (secondary N) is 1. The zero-order valence-corrected chi connectivity index (χ0v) is 12.3. The van der Waals surface area contributed by atoms with Crippen LogP contribution in [0.4, 0.5) is 0 Å². The molecule has 21 heavy (non-hydrogen) atoms. The molecule has 0 aliphatic carbocycles. The van der Waals surface area contributed by atoms with Gasteiger partial charge in [0.2, 0.25) is 0 Å². The van der Waals surface area contributed by atoms with E-state index in [1.165, 1.54) is 13.0 Å². The fourth-order valence-electron chi connectivity index (χ4n) is 2.09. The van der Waals surface area contributed by atoms with E-state index in [1.54, 1.807) is 18.2 Å². The maximum absolute atomic E-state index is 12.3. The fraction of sp³-hybridized carbons (Fsp3) is 0.357. The van der Waals surface area contributed by atoms with Crippen LogP contribution >= 0.6 is 0 Å². The van der Waals surface area contributed by atoms with E-state index < -0.39 is 5.91 Å². The minimum Gasteiger partial charge on any atom is -0.805 e. The third kappa shape index (κ3) is 2.87. The molecule has 1 aromatic heterocycles. The van der Waals surface area contributed by atoms with E-state index in [0.717, 1.165) is 0 Å². The molecular formula is C14H18N4O3. The SMILES string of the molecule is Cc1c(C(=O)NCCN(C)C)[n+](=O)c2ccccc2n1[O-]. The Labute approximate surface area is 122 Å². The second-order valence-corrected chi connectivity index (χ2v) is 5.07. The smallest absolute Gasteiger partial charge is 0.346 e.